The normalized spacial score (nSPS) is 13.4. The summed E-state index contributed by atoms with van der Waals surface area (Å²) in [4.78, 5) is 17.8. The van der Waals surface area contributed by atoms with E-state index in [1.54, 1.807) is 12.1 Å². The molecule has 41 heavy (non-hydrogen) atoms. The Labute approximate surface area is 252 Å². The van der Waals surface area contributed by atoms with Gasteiger partial charge in [0.15, 0.2) is 16.6 Å². The van der Waals surface area contributed by atoms with E-state index in [0.29, 0.717) is 42.6 Å². The number of hydrogen-bond acceptors (Lipinski definition) is 7. The molecule has 10 heteroatoms. The maximum absolute atomic E-state index is 13.0. The van der Waals surface area contributed by atoms with E-state index >= 15 is 0 Å². The van der Waals surface area contributed by atoms with Gasteiger partial charge in [0.25, 0.3) is 5.91 Å². The third-order valence-corrected chi connectivity index (χ3v) is 7.19. The molecule has 1 aliphatic heterocycles. The van der Waals surface area contributed by atoms with Gasteiger partial charge in [-0.05, 0) is 81.0 Å². The molecule has 8 nitrogen and oxygen atoms in total. The summed E-state index contributed by atoms with van der Waals surface area (Å²) in [6, 6.07) is 19.3. The van der Waals surface area contributed by atoms with Crippen molar-refractivity contribution in [2.24, 2.45) is 0 Å². The summed E-state index contributed by atoms with van der Waals surface area (Å²) in [7, 11) is 0. The molecule has 1 fully saturated rings. The SMILES string of the molecule is CCOc1cc(C(=O)NC(=S)Nc2ccc(N3CCN(Cc4ccccc4Cl)CC3)cc2)cc(OCC)c1OCC. The highest BCUT2D eigenvalue weighted by Crippen LogP contribution is 2.39. The number of nitrogens with one attached hydrogen (secondary N) is 2. The molecule has 0 saturated carbocycles. The van der Waals surface area contributed by atoms with Gasteiger partial charge >= 0.3 is 0 Å². The smallest absolute Gasteiger partial charge is 0.257 e. The summed E-state index contributed by atoms with van der Waals surface area (Å²) in [5.74, 6) is 1.00. The van der Waals surface area contributed by atoms with E-state index in [-0.39, 0.29) is 11.0 Å². The number of carbonyl (C=O) groups is 1. The number of piperazine rings is 1. The number of anilines is 2. The highest BCUT2D eigenvalue weighted by atomic mass is 35.5. The summed E-state index contributed by atoms with van der Waals surface area (Å²) in [6.45, 7) is 11.6. The highest BCUT2D eigenvalue weighted by Gasteiger charge is 2.20. The van der Waals surface area contributed by atoms with E-state index in [4.69, 9.17) is 38.0 Å². The van der Waals surface area contributed by atoms with Crippen LogP contribution >= 0.6 is 23.8 Å². The minimum absolute atomic E-state index is 0.195. The van der Waals surface area contributed by atoms with E-state index in [1.807, 2.05) is 51.1 Å². The van der Waals surface area contributed by atoms with Gasteiger partial charge in [0.1, 0.15) is 0 Å². The van der Waals surface area contributed by atoms with Crippen molar-refractivity contribution in [3.63, 3.8) is 0 Å². The van der Waals surface area contributed by atoms with Crippen LogP contribution in [0.2, 0.25) is 5.02 Å². The van der Waals surface area contributed by atoms with Crippen molar-refractivity contribution < 1.29 is 19.0 Å². The van der Waals surface area contributed by atoms with E-state index < -0.39 is 0 Å². The van der Waals surface area contributed by atoms with Crippen LogP contribution < -0.4 is 29.7 Å². The zero-order valence-corrected chi connectivity index (χ0v) is 25.3. The Morgan fingerprint density at radius 2 is 1.49 bits per heavy atom. The van der Waals surface area contributed by atoms with Gasteiger partial charge in [-0.2, -0.15) is 0 Å². The van der Waals surface area contributed by atoms with E-state index in [9.17, 15) is 4.79 Å². The van der Waals surface area contributed by atoms with Gasteiger partial charge in [0.05, 0.1) is 19.8 Å². The highest BCUT2D eigenvalue weighted by molar-refractivity contribution is 7.80. The molecule has 2 N–H and O–H groups in total. The van der Waals surface area contributed by atoms with Crippen molar-refractivity contribution in [1.29, 1.82) is 0 Å². The molecule has 0 aliphatic carbocycles. The first kappa shape index (κ1) is 30.4. The molecule has 0 radical (unpaired) electrons. The van der Waals surface area contributed by atoms with Gasteiger partial charge in [0, 0.05) is 54.7 Å². The molecule has 1 aliphatic rings. The quantitative estimate of drug-likeness (QED) is 0.262. The number of halogens is 1. The molecule has 3 aromatic rings. The topological polar surface area (TPSA) is 75.3 Å². The van der Waals surface area contributed by atoms with Crippen molar-refractivity contribution in [2.45, 2.75) is 27.3 Å². The molecule has 0 atom stereocenters. The van der Waals surface area contributed by atoms with Crippen molar-refractivity contribution >= 4 is 46.2 Å². The Bertz CT molecular complexity index is 1300. The fraction of sp³-hybridized carbons (Fsp3) is 0.355. The molecule has 0 aromatic heterocycles. The van der Waals surface area contributed by atoms with Crippen LogP contribution in [-0.2, 0) is 6.54 Å². The lowest BCUT2D eigenvalue weighted by atomic mass is 10.1. The van der Waals surface area contributed by atoms with Crippen molar-refractivity contribution in [1.82, 2.24) is 10.2 Å². The van der Waals surface area contributed by atoms with Crippen LogP contribution in [0.15, 0.2) is 60.7 Å². The summed E-state index contributed by atoms with van der Waals surface area (Å²) in [5.41, 5.74) is 3.44. The average Bonchev–Trinajstić information content (AvgIpc) is 2.97. The van der Waals surface area contributed by atoms with E-state index in [0.717, 1.165) is 54.7 Å². The molecule has 1 heterocycles. The molecule has 1 saturated heterocycles. The van der Waals surface area contributed by atoms with Crippen LogP contribution in [0.25, 0.3) is 0 Å². The van der Waals surface area contributed by atoms with Crippen LogP contribution in [-0.4, -0.2) is 61.9 Å². The minimum atomic E-state index is -0.376. The number of benzene rings is 3. The second kappa shape index (κ2) is 14.9. The Morgan fingerprint density at radius 1 is 0.878 bits per heavy atom. The zero-order chi connectivity index (χ0) is 29.2. The van der Waals surface area contributed by atoms with Gasteiger partial charge in [-0.3, -0.25) is 15.0 Å². The molecular formula is C31H37ClN4O4S. The second-order valence-electron chi connectivity index (χ2n) is 9.41. The van der Waals surface area contributed by atoms with Gasteiger partial charge < -0.3 is 24.4 Å². The fourth-order valence-corrected chi connectivity index (χ4v) is 5.05. The third-order valence-electron chi connectivity index (χ3n) is 6.61. The molecule has 0 bridgehead atoms. The lowest BCUT2D eigenvalue weighted by Gasteiger charge is -2.36. The van der Waals surface area contributed by atoms with Crippen molar-refractivity contribution in [3.05, 3.63) is 76.8 Å². The number of hydrogen-bond donors (Lipinski definition) is 2. The first-order valence-electron chi connectivity index (χ1n) is 13.9. The van der Waals surface area contributed by atoms with Gasteiger partial charge in [-0.1, -0.05) is 29.8 Å². The fourth-order valence-electron chi connectivity index (χ4n) is 4.64. The maximum atomic E-state index is 13.0. The molecule has 1 amide bonds. The van der Waals surface area contributed by atoms with Crippen LogP contribution in [0.3, 0.4) is 0 Å². The number of ether oxygens (including phenoxy) is 3. The first-order chi connectivity index (χ1) is 19.9. The standard InChI is InChI=1S/C31H37ClN4O4S/c1-4-38-27-19-23(20-28(39-5-2)29(27)40-6-3)30(37)34-31(41)33-24-11-13-25(14-12-24)36-17-15-35(16-18-36)21-22-9-7-8-10-26(22)32/h7-14,19-20H,4-6,15-18,21H2,1-3H3,(H2,33,34,37,41). The Balaban J connectivity index is 1.32. The van der Waals surface area contributed by atoms with Crippen LogP contribution in [0.4, 0.5) is 11.4 Å². The number of amides is 1. The minimum Gasteiger partial charge on any atom is -0.490 e. The molecule has 4 rings (SSSR count). The van der Waals surface area contributed by atoms with E-state index in [2.05, 4.69) is 38.6 Å². The summed E-state index contributed by atoms with van der Waals surface area (Å²) in [5, 5.41) is 6.85. The second-order valence-corrected chi connectivity index (χ2v) is 10.2. The van der Waals surface area contributed by atoms with E-state index in [1.165, 1.54) is 0 Å². The molecule has 3 aromatic carbocycles. The summed E-state index contributed by atoms with van der Waals surface area (Å²) >= 11 is 11.8. The molecule has 218 valence electrons. The largest absolute Gasteiger partial charge is 0.490 e. The van der Waals surface area contributed by atoms with Gasteiger partial charge in [-0.15, -0.1) is 0 Å². The monoisotopic (exact) mass is 596 g/mol. The average molecular weight is 597 g/mol. The van der Waals surface area contributed by atoms with Crippen LogP contribution in [0, 0.1) is 0 Å². The Morgan fingerprint density at radius 3 is 2.07 bits per heavy atom. The van der Waals surface area contributed by atoms with Crippen molar-refractivity contribution in [2.75, 3.05) is 56.2 Å². The predicted molar refractivity (Wildman–Crippen MR) is 169 cm³/mol. The Kier molecular flexibility index (Phi) is 11.1. The Hall–Kier alpha value is -3.53. The van der Waals surface area contributed by atoms with Gasteiger partial charge in [0.2, 0.25) is 5.75 Å². The molecular weight excluding hydrogens is 560 g/mol. The lowest BCUT2D eigenvalue weighted by molar-refractivity contribution is 0.0976. The first-order valence-corrected chi connectivity index (χ1v) is 14.7. The number of thiocarbonyl (C=S) groups is 1. The number of nitrogens with zero attached hydrogens (tertiary/aromatic N) is 2. The third kappa shape index (κ3) is 8.25. The molecule has 0 spiro atoms. The van der Waals surface area contributed by atoms with Crippen LogP contribution in [0.1, 0.15) is 36.7 Å². The van der Waals surface area contributed by atoms with Crippen LogP contribution in [0.5, 0.6) is 17.2 Å². The van der Waals surface area contributed by atoms with Gasteiger partial charge in [-0.25, -0.2) is 0 Å². The maximum Gasteiger partial charge on any atom is 0.257 e. The summed E-state index contributed by atoms with van der Waals surface area (Å²) < 4.78 is 17.2. The van der Waals surface area contributed by atoms with Crippen molar-refractivity contribution in [3.8, 4) is 17.2 Å². The number of rotatable bonds is 11. The zero-order valence-electron chi connectivity index (χ0n) is 23.7. The summed E-state index contributed by atoms with van der Waals surface area (Å²) in [6.07, 6.45) is 0. The molecule has 0 unspecified atom stereocenters. The lowest BCUT2D eigenvalue weighted by Crippen LogP contribution is -2.46. The predicted octanol–water partition coefficient (Wildman–Crippen LogP) is 5.99. The number of carbonyl (C=O) groups excluding carboxylic acids is 1.